The predicted molar refractivity (Wildman–Crippen MR) is 76.1 cm³/mol. The Labute approximate surface area is 119 Å². The largest absolute Gasteiger partial charge is 0.488 e. The minimum atomic E-state index is -0.165. The quantitative estimate of drug-likeness (QED) is 0.839. The molecule has 1 amide bonds. The van der Waals surface area contributed by atoms with Crippen LogP contribution in [0.15, 0.2) is 18.2 Å². The molecule has 1 N–H and O–H groups in total. The van der Waals surface area contributed by atoms with Crippen LogP contribution in [0, 0.1) is 5.92 Å². The van der Waals surface area contributed by atoms with Gasteiger partial charge in [0.15, 0.2) is 11.5 Å². The number of fused-ring (bicyclic) bond motifs is 1. The highest BCUT2D eigenvalue weighted by Gasteiger charge is 2.32. The number of ether oxygens (including phenoxy) is 2. The number of hydrogen-bond acceptors (Lipinski definition) is 3. The van der Waals surface area contributed by atoms with E-state index in [1.807, 2.05) is 12.1 Å². The van der Waals surface area contributed by atoms with E-state index in [2.05, 4.69) is 25.2 Å². The summed E-state index contributed by atoms with van der Waals surface area (Å²) in [7, 11) is 0. The van der Waals surface area contributed by atoms with Gasteiger partial charge in [-0.1, -0.05) is 12.1 Å². The molecule has 1 aromatic rings. The van der Waals surface area contributed by atoms with Crippen molar-refractivity contribution >= 4 is 5.91 Å². The fourth-order valence-electron chi connectivity index (χ4n) is 2.53. The molecule has 1 heterocycles. The molecule has 0 saturated heterocycles. The average molecular weight is 275 g/mol. The van der Waals surface area contributed by atoms with Crippen molar-refractivity contribution in [2.45, 2.75) is 38.7 Å². The monoisotopic (exact) mass is 275 g/mol. The highest BCUT2D eigenvalue weighted by atomic mass is 16.5. The van der Waals surface area contributed by atoms with Gasteiger partial charge in [-0.25, -0.2) is 0 Å². The molecule has 0 aromatic heterocycles. The molecular formula is C16H21NO3. The fraction of sp³-hybridized carbons (Fsp3) is 0.562. The summed E-state index contributed by atoms with van der Waals surface area (Å²) in [5.41, 5.74) is 1.02. The van der Waals surface area contributed by atoms with Crippen LogP contribution in [0.4, 0.5) is 0 Å². The van der Waals surface area contributed by atoms with Crippen molar-refractivity contribution < 1.29 is 14.3 Å². The maximum Gasteiger partial charge on any atom is 0.223 e. The molecule has 108 valence electrons. The third kappa shape index (κ3) is 2.89. The zero-order valence-electron chi connectivity index (χ0n) is 12.1. The summed E-state index contributed by atoms with van der Waals surface area (Å²) in [5, 5.41) is 2.89. The lowest BCUT2D eigenvalue weighted by atomic mass is 10.0. The molecule has 1 saturated carbocycles. The van der Waals surface area contributed by atoms with Crippen LogP contribution in [0.2, 0.25) is 0 Å². The Morgan fingerprint density at radius 2 is 2.25 bits per heavy atom. The second-order valence-corrected chi connectivity index (χ2v) is 6.20. The molecular weight excluding hydrogens is 254 g/mol. The SMILES string of the molecule is CC1(C)Cc2cccc(OCCNC(=O)C3CC3)c2O1. The smallest absolute Gasteiger partial charge is 0.223 e. The fourth-order valence-corrected chi connectivity index (χ4v) is 2.53. The van der Waals surface area contributed by atoms with Crippen LogP contribution in [0.5, 0.6) is 11.5 Å². The number of amides is 1. The Bertz CT molecular complexity index is 520. The van der Waals surface area contributed by atoms with E-state index in [0.29, 0.717) is 13.2 Å². The molecule has 20 heavy (non-hydrogen) atoms. The van der Waals surface area contributed by atoms with Crippen LogP contribution >= 0.6 is 0 Å². The third-order valence-electron chi connectivity index (χ3n) is 3.66. The van der Waals surface area contributed by atoms with Crippen molar-refractivity contribution in [3.05, 3.63) is 23.8 Å². The third-order valence-corrected chi connectivity index (χ3v) is 3.66. The van der Waals surface area contributed by atoms with E-state index in [0.717, 1.165) is 30.8 Å². The summed E-state index contributed by atoms with van der Waals surface area (Å²) in [6, 6.07) is 5.98. The van der Waals surface area contributed by atoms with Crippen molar-refractivity contribution in [2.75, 3.05) is 13.2 Å². The first kappa shape index (κ1) is 13.3. The molecule has 2 aliphatic rings. The van der Waals surface area contributed by atoms with Gasteiger partial charge in [0.05, 0.1) is 6.54 Å². The second-order valence-electron chi connectivity index (χ2n) is 6.20. The number of hydrogen-bond donors (Lipinski definition) is 1. The maximum atomic E-state index is 11.5. The molecule has 1 aliphatic carbocycles. The lowest BCUT2D eigenvalue weighted by Crippen LogP contribution is -2.29. The van der Waals surface area contributed by atoms with Crippen LogP contribution in [0.3, 0.4) is 0 Å². The molecule has 3 rings (SSSR count). The Balaban J connectivity index is 1.53. The molecule has 0 radical (unpaired) electrons. The van der Waals surface area contributed by atoms with Crippen molar-refractivity contribution in [1.82, 2.24) is 5.32 Å². The van der Waals surface area contributed by atoms with Gasteiger partial charge in [0.2, 0.25) is 5.91 Å². The number of nitrogens with one attached hydrogen (secondary N) is 1. The number of benzene rings is 1. The Morgan fingerprint density at radius 3 is 3.00 bits per heavy atom. The van der Waals surface area contributed by atoms with E-state index in [1.165, 1.54) is 5.56 Å². The van der Waals surface area contributed by atoms with Gasteiger partial charge >= 0.3 is 0 Å². The molecule has 1 aromatic carbocycles. The van der Waals surface area contributed by atoms with Crippen molar-refractivity contribution in [3.8, 4) is 11.5 Å². The van der Waals surface area contributed by atoms with Crippen LogP contribution in [0.1, 0.15) is 32.3 Å². The maximum absolute atomic E-state index is 11.5. The summed E-state index contributed by atoms with van der Waals surface area (Å²) in [5.74, 6) is 2.03. The molecule has 0 bridgehead atoms. The normalized spacial score (nSPS) is 19.1. The molecule has 4 nitrogen and oxygen atoms in total. The van der Waals surface area contributed by atoms with Crippen LogP contribution in [-0.4, -0.2) is 24.7 Å². The first-order chi connectivity index (χ1) is 9.55. The van der Waals surface area contributed by atoms with Crippen molar-refractivity contribution in [1.29, 1.82) is 0 Å². The molecule has 0 unspecified atom stereocenters. The first-order valence-electron chi connectivity index (χ1n) is 7.27. The zero-order chi connectivity index (χ0) is 14.2. The summed E-state index contributed by atoms with van der Waals surface area (Å²) in [6.07, 6.45) is 2.96. The standard InChI is InChI=1S/C16H21NO3/c1-16(2)10-12-4-3-5-13(14(12)20-16)19-9-8-17-15(18)11-6-7-11/h3-5,11H,6-10H2,1-2H3,(H,17,18). The predicted octanol–water partition coefficient (Wildman–Crippen LogP) is 2.31. The number of carbonyl (C=O) groups is 1. The van der Waals surface area contributed by atoms with Crippen LogP contribution in [-0.2, 0) is 11.2 Å². The molecule has 1 fully saturated rings. The number of para-hydroxylation sites is 1. The summed E-state index contributed by atoms with van der Waals surface area (Å²) in [6.45, 7) is 5.17. The number of rotatable bonds is 5. The van der Waals surface area contributed by atoms with Gasteiger partial charge in [0.1, 0.15) is 12.2 Å². The molecule has 0 atom stereocenters. The van der Waals surface area contributed by atoms with E-state index >= 15 is 0 Å². The zero-order valence-corrected chi connectivity index (χ0v) is 12.1. The van der Waals surface area contributed by atoms with E-state index in [4.69, 9.17) is 9.47 Å². The van der Waals surface area contributed by atoms with Gasteiger partial charge in [0.25, 0.3) is 0 Å². The lowest BCUT2D eigenvalue weighted by Gasteiger charge is -2.18. The van der Waals surface area contributed by atoms with Gasteiger partial charge in [-0.3, -0.25) is 4.79 Å². The number of carbonyl (C=O) groups excluding carboxylic acids is 1. The van der Waals surface area contributed by atoms with Crippen molar-refractivity contribution in [3.63, 3.8) is 0 Å². The van der Waals surface area contributed by atoms with Crippen LogP contribution in [0.25, 0.3) is 0 Å². The Kier molecular flexibility index (Phi) is 3.32. The Hall–Kier alpha value is -1.71. The summed E-state index contributed by atoms with van der Waals surface area (Å²) < 4.78 is 11.7. The van der Waals surface area contributed by atoms with E-state index < -0.39 is 0 Å². The topological polar surface area (TPSA) is 47.6 Å². The lowest BCUT2D eigenvalue weighted by molar-refractivity contribution is -0.122. The minimum Gasteiger partial charge on any atom is -0.488 e. The summed E-state index contributed by atoms with van der Waals surface area (Å²) in [4.78, 5) is 11.5. The first-order valence-corrected chi connectivity index (χ1v) is 7.27. The minimum absolute atomic E-state index is 0.157. The van der Waals surface area contributed by atoms with E-state index in [1.54, 1.807) is 0 Å². The highest BCUT2D eigenvalue weighted by molar-refractivity contribution is 5.80. The van der Waals surface area contributed by atoms with Gasteiger partial charge < -0.3 is 14.8 Å². The van der Waals surface area contributed by atoms with E-state index in [-0.39, 0.29) is 17.4 Å². The molecule has 4 heteroatoms. The van der Waals surface area contributed by atoms with E-state index in [9.17, 15) is 4.79 Å². The van der Waals surface area contributed by atoms with Gasteiger partial charge in [-0.05, 0) is 32.8 Å². The van der Waals surface area contributed by atoms with Gasteiger partial charge in [-0.2, -0.15) is 0 Å². The highest BCUT2D eigenvalue weighted by Crippen LogP contribution is 2.41. The average Bonchev–Trinajstić information content (AvgIpc) is 3.17. The Morgan fingerprint density at radius 1 is 1.45 bits per heavy atom. The summed E-state index contributed by atoms with van der Waals surface area (Å²) >= 11 is 0. The van der Waals surface area contributed by atoms with Gasteiger partial charge in [0, 0.05) is 17.9 Å². The molecule has 0 spiro atoms. The van der Waals surface area contributed by atoms with Crippen LogP contribution < -0.4 is 14.8 Å². The molecule has 1 aliphatic heterocycles. The second kappa shape index (κ2) is 5.00. The van der Waals surface area contributed by atoms with Gasteiger partial charge in [-0.15, -0.1) is 0 Å². The van der Waals surface area contributed by atoms with Crippen molar-refractivity contribution in [2.24, 2.45) is 5.92 Å².